The molecule has 88 heavy (non-hydrogen) atoms. The molecule has 0 saturated carbocycles. The monoisotopic (exact) mass is 1230 g/mol. The fraction of sp³-hybridized carbons (Fsp3) is 0.854. The molecule has 0 heterocycles. The van der Waals surface area contributed by atoms with Crippen LogP contribution in [-0.4, -0.2) is 47.4 Å². The first-order chi connectivity index (χ1) is 43.5. The molecule has 0 radical (unpaired) electrons. The Morgan fingerprint density at radius 1 is 0.318 bits per heavy atom. The Balaban J connectivity index is 3.39. The second-order valence-corrected chi connectivity index (χ2v) is 27.0. The van der Waals surface area contributed by atoms with E-state index in [0.717, 1.165) is 57.8 Å². The fourth-order valence-corrected chi connectivity index (χ4v) is 12.2. The van der Waals surface area contributed by atoms with E-state index in [1.165, 1.54) is 340 Å². The summed E-state index contributed by atoms with van der Waals surface area (Å²) in [6.45, 7) is 4.91. The molecular formula is C82H153NO5. The SMILES string of the molecule is CCCCC/C=C\C/C=C\CCCCCCCC(=O)OCCCCCCCCCCCCCCC/C=C\C/C=C\CCCCCCCCCCCCCCCCCCCC(=O)NC(CO)C(O)/C=C/CCCCCCCCCCCCCCCCCCC. The molecule has 3 N–H and O–H groups in total. The molecule has 0 aliphatic heterocycles. The van der Waals surface area contributed by atoms with Gasteiger partial charge in [0.25, 0.3) is 0 Å². The second-order valence-electron chi connectivity index (χ2n) is 27.0. The Morgan fingerprint density at radius 3 is 0.886 bits per heavy atom. The predicted octanol–water partition coefficient (Wildman–Crippen LogP) is 26.2. The summed E-state index contributed by atoms with van der Waals surface area (Å²) in [5, 5.41) is 23.3. The van der Waals surface area contributed by atoms with E-state index < -0.39 is 12.1 Å². The number of aliphatic hydroxyl groups is 2. The largest absolute Gasteiger partial charge is 0.466 e. The molecular weight excluding hydrogens is 1080 g/mol. The molecule has 1 amide bonds. The summed E-state index contributed by atoms with van der Waals surface area (Å²) in [5.74, 6) is -0.0573. The third-order valence-electron chi connectivity index (χ3n) is 18.3. The van der Waals surface area contributed by atoms with Crippen molar-refractivity contribution in [2.45, 2.75) is 437 Å². The Morgan fingerprint density at radius 2 is 0.568 bits per heavy atom. The van der Waals surface area contributed by atoms with E-state index in [9.17, 15) is 19.8 Å². The summed E-state index contributed by atoms with van der Waals surface area (Å²) >= 11 is 0. The van der Waals surface area contributed by atoms with Crippen molar-refractivity contribution in [1.82, 2.24) is 5.32 Å². The zero-order valence-electron chi connectivity index (χ0n) is 59.2. The average molecular weight is 1230 g/mol. The molecule has 0 aliphatic carbocycles. The van der Waals surface area contributed by atoms with E-state index in [4.69, 9.17) is 4.74 Å². The standard InChI is InChI=1S/C82H153NO5/c1-3-5-7-9-11-13-15-17-19-20-40-43-47-50-54-58-62-66-70-74-80(85)79(78-84)83-81(86)75-71-67-63-59-55-51-48-44-41-38-36-34-32-30-28-26-24-22-21-23-25-27-29-31-33-35-37-39-42-45-49-53-57-61-65-69-73-77-88-82(87)76-72-68-64-60-56-52-46-18-16-14-12-10-8-6-4-2/h12,14,18,21,23,27,29,46,70,74,79-80,84-85H,3-11,13,15-17,19-20,22,24-26,28,30-45,47-69,71-73,75-78H2,1-2H3,(H,83,86)/b14-12-,23-21-,29-27-,46-18-,74-70+. The average Bonchev–Trinajstić information content (AvgIpc) is 3.60. The molecule has 2 atom stereocenters. The van der Waals surface area contributed by atoms with Crippen LogP contribution < -0.4 is 5.32 Å². The van der Waals surface area contributed by atoms with Crippen LogP contribution in [0.3, 0.4) is 0 Å². The van der Waals surface area contributed by atoms with Gasteiger partial charge in [0.1, 0.15) is 0 Å². The number of unbranched alkanes of at least 4 members (excludes halogenated alkanes) is 55. The molecule has 0 aromatic carbocycles. The maximum Gasteiger partial charge on any atom is 0.305 e. The quantitative estimate of drug-likeness (QED) is 0.0320. The molecule has 6 nitrogen and oxygen atoms in total. The van der Waals surface area contributed by atoms with Crippen LogP contribution in [0.4, 0.5) is 0 Å². The van der Waals surface area contributed by atoms with Crippen LogP contribution in [0.2, 0.25) is 0 Å². The summed E-state index contributed by atoms with van der Waals surface area (Å²) in [5.41, 5.74) is 0. The fourth-order valence-electron chi connectivity index (χ4n) is 12.2. The van der Waals surface area contributed by atoms with Crippen molar-refractivity contribution in [3.63, 3.8) is 0 Å². The molecule has 0 aromatic rings. The van der Waals surface area contributed by atoms with Crippen molar-refractivity contribution in [3.8, 4) is 0 Å². The lowest BCUT2D eigenvalue weighted by Crippen LogP contribution is -2.45. The molecule has 6 heteroatoms. The molecule has 0 spiro atoms. The maximum absolute atomic E-state index is 12.5. The van der Waals surface area contributed by atoms with Crippen LogP contribution in [-0.2, 0) is 14.3 Å². The van der Waals surface area contributed by atoms with Crippen molar-refractivity contribution in [1.29, 1.82) is 0 Å². The van der Waals surface area contributed by atoms with E-state index in [2.05, 4.69) is 67.8 Å². The molecule has 2 unspecified atom stereocenters. The van der Waals surface area contributed by atoms with Crippen LogP contribution in [0, 0.1) is 0 Å². The highest BCUT2D eigenvalue weighted by Crippen LogP contribution is 2.19. The number of rotatable bonds is 74. The summed E-state index contributed by atoms with van der Waals surface area (Å²) in [4.78, 5) is 24.6. The molecule has 0 bridgehead atoms. The highest BCUT2D eigenvalue weighted by Gasteiger charge is 2.18. The smallest absolute Gasteiger partial charge is 0.305 e. The second kappa shape index (κ2) is 77.0. The Kier molecular flexibility index (Phi) is 74.9. The predicted molar refractivity (Wildman–Crippen MR) is 389 cm³/mol. The lowest BCUT2D eigenvalue weighted by molar-refractivity contribution is -0.143. The number of nitrogens with one attached hydrogen (secondary N) is 1. The highest BCUT2D eigenvalue weighted by atomic mass is 16.5. The van der Waals surface area contributed by atoms with Crippen LogP contribution in [0.1, 0.15) is 425 Å². The minimum absolute atomic E-state index is 0.00461. The van der Waals surface area contributed by atoms with Crippen LogP contribution in [0.25, 0.3) is 0 Å². The van der Waals surface area contributed by atoms with Gasteiger partial charge in [-0.1, -0.05) is 376 Å². The first-order valence-corrected chi connectivity index (χ1v) is 39.6. The van der Waals surface area contributed by atoms with E-state index >= 15 is 0 Å². The lowest BCUT2D eigenvalue weighted by Gasteiger charge is -2.20. The van der Waals surface area contributed by atoms with Crippen molar-refractivity contribution < 1.29 is 24.5 Å². The van der Waals surface area contributed by atoms with Gasteiger partial charge in [-0.05, 0) is 96.3 Å². The number of carbonyl (C=O) groups excluding carboxylic acids is 2. The van der Waals surface area contributed by atoms with Crippen LogP contribution in [0.15, 0.2) is 60.8 Å². The molecule has 0 fully saturated rings. The van der Waals surface area contributed by atoms with Crippen LogP contribution >= 0.6 is 0 Å². The number of allylic oxidation sites excluding steroid dienone is 9. The maximum atomic E-state index is 12.5. The zero-order valence-corrected chi connectivity index (χ0v) is 59.2. The van der Waals surface area contributed by atoms with Crippen LogP contribution in [0.5, 0.6) is 0 Å². The summed E-state index contributed by atoms with van der Waals surface area (Å²) in [6.07, 6.45) is 103. The summed E-state index contributed by atoms with van der Waals surface area (Å²) in [7, 11) is 0. The lowest BCUT2D eigenvalue weighted by atomic mass is 10.0. The van der Waals surface area contributed by atoms with Gasteiger partial charge in [-0.2, -0.15) is 0 Å². The summed E-state index contributed by atoms with van der Waals surface area (Å²) in [6, 6.07) is -0.627. The van der Waals surface area contributed by atoms with E-state index in [0.29, 0.717) is 19.4 Å². The first kappa shape index (κ1) is 85.6. The minimum Gasteiger partial charge on any atom is -0.466 e. The van der Waals surface area contributed by atoms with Gasteiger partial charge in [-0.15, -0.1) is 0 Å². The number of hydrogen-bond donors (Lipinski definition) is 3. The third kappa shape index (κ3) is 72.6. The van der Waals surface area contributed by atoms with E-state index in [-0.39, 0.29) is 18.5 Å². The third-order valence-corrected chi connectivity index (χ3v) is 18.3. The van der Waals surface area contributed by atoms with Gasteiger partial charge in [0.15, 0.2) is 0 Å². The Hall–Kier alpha value is -2.44. The number of amides is 1. The zero-order chi connectivity index (χ0) is 63.5. The first-order valence-electron chi connectivity index (χ1n) is 39.6. The van der Waals surface area contributed by atoms with Gasteiger partial charge >= 0.3 is 5.97 Å². The highest BCUT2D eigenvalue weighted by molar-refractivity contribution is 5.76. The molecule has 516 valence electrons. The molecule has 0 aliphatic rings. The van der Waals surface area contributed by atoms with Gasteiger partial charge in [0, 0.05) is 12.8 Å². The molecule has 0 saturated heterocycles. The van der Waals surface area contributed by atoms with Gasteiger partial charge in [-0.25, -0.2) is 0 Å². The Bertz CT molecular complexity index is 1520. The van der Waals surface area contributed by atoms with Crippen molar-refractivity contribution in [2.75, 3.05) is 13.2 Å². The normalized spacial score (nSPS) is 12.8. The minimum atomic E-state index is -0.844. The number of ether oxygens (including phenoxy) is 1. The van der Waals surface area contributed by atoms with Gasteiger partial charge in [0.05, 0.1) is 25.4 Å². The number of hydrogen-bond acceptors (Lipinski definition) is 5. The topological polar surface area (TPSA) is 95.9 Å². The molecule has 0 aromatic heterocycles. The van der Waals surface area contributed by atoms with Gasteiger partial charge in [0.2, 0.25) is 5.91 Å². The Labute approximate surface area is 549 Å². The summed E-state index contributed by atoms with van der Waals surface area (Å²) < 4.78 is 5.49. The van der Waals surface area contributed by atoms with E-state index in [1.807, 2.05) is 6.08 Å². The van der Waals surface area contributed by atoms with Gasteiger partial charge < -0.3 is 20.3 Å². The van der Waals surface area contributed by atoms with Gasteiger partial charge in [-0.3, -0.25) is 9.59 Å². The number of carbonyl (C=O) groups is 2. The van der Waals surface area contributed by atoms with E-state index in [1.54, 1.807) is 6.08 Å². The van der Waals surface area contributed by atoms with Crippen molar-refractivity contribution in [3.05, 3.63) is 60.8 Å². The number of esters is 1. The van der Waals surface area contributed by atoms with Crippen molar-refractivity contribution in [2.24, 2.45) is 0 Å². The molecule has 0 rings (SSSR count). The number of aliphatic hydroxyl groups excluding tert-OH is 2. The van der Waals surface area contributed by atoms with Crippen molar-refractivity contribution >= 4 is 11.9 Å².